The van der Waals surface area contributed by atoms with Crippen LogP contribution in [0, 0.1) is 0 Å². The van der Waals surface area contributed by atoms with E-state index in [0.29, 0.717) is 13.1 Å². The van der Waals surface area contributed by atoms with E-state index in [2.05, 4.69) is 17.9 Å². The molecule has 0 aliphatic rings. The average Bonchev–Trinajstić information content (AvgIpc) is 1.83. The largest absolute Gasteiger partial charge is 0.329 e. The molecule has 0 aliphatic heterocycles. The van der Waals surface area contributed by atoms with E-state index in [9.17, 15) is 0 Å². The van der Waals surface area contributed by atoms with Gasteiger partial charge in [0.15, 0.2) is 0 Å². The maximum Gasteiger partial charge on any atom is 0.0627 e. The van der Waals surface area contributed by atoms with E-state index >= 15 is 0 Å². The predicted molar refractivity (Wildman–Crippen MR) is 38.9 cm³/mol. The Morgan fingerprint density at radius 1 is 1.50 bits per heavy atom. The van der Waals surface area contributed by atoms with E-state index in [1.807, 2.05) is 0 Å². The second-order valence-corrected chi connectivity index (χ2v) is 2.12. The lowest BCUT2D eigenvalue weighted by Gasteiger charge is -2.07. The molecule has 0 bridgehead atoms. The highest BCUT2D eigenvalue weighted by atomic mass is 32.1. The normalized spacial score (nSPS) is 13.9. The zero-order valence-electron chi connectivity index (χ0n) is 4.80. The van der Waals surface area contributed by atoms with Gasteiger partial charge in [0.25, 0.3) is 0 Å². The zero-order chi connectivity index (χ0) is 6.41. The monoisotopic (exact) mass is 135 g/mol. The molecule has 0 saturated carbocycles. The SMILES string of the molecule is NCCNC(S)CN. The molecule has 0 fully saturated rings. The molecule has 0 aromatic carbocycles. The Balaban J connectivity index is 2.86. The Kier molecular flexibility index (Phi) is 5.52. The van der Waals surface area contributed by atoms with Crippen LogP contribution in [0.25, 0.3) is 0 Å². The molecule has 1 atom stereocenters. The quantitative estimate of drug-likeness (QED) is 0.288. The smallest absolute Gasteiger partial charge is 0.0627 e. The van der Waals surface area contributed by atoms with Gasteiger partial charge in [-0.3, -0.25) is 0 Å². The van der Waals surface area contributed by atoms with E-state index in [1.54, 1.807) is 0 Å². The minimum atomic E-state index is 0.0959. The molecule has 0 aliphatic carbocycles. The fourth-order valence-corrected chi connectivity index (χ4v) is 0.462. The molecule has 0 spiro atoms. The van der Waals surface area contributed by atoms with Gasteiger partial charge < -0.3 is 16.8 Å². The third kappa shape index (κ3) is 4.39. The minimum Gasteiger partial charge on any atom is -0.329 e. The summed E-state index contributed by atoms with van der Waals surface area (Å²) >= 11 is 4.07. The first kappa shape index (κ1) is 8.23. The zero-order valence-corrected chi connectivity index (χ0v) is 5.70. The molecular formula is C4H13N3S. The van der Waals surface area contributed by atoms with Crippen molar-refractivity contribution in [2.45, 2.75) is 5.37 Å². The first-order valence-electron chi connectivity index (χ1n) is 2.63. The molecule has 0 aromatic heterocycles. The van der Waals surface area contributed by atoms with Crippen molar-refractivity contribution in [1.82, 2.24) is 5.32 Å². The highest BCUT2D eigenvalue weighted by molar-refractivity contribution is 7.80. The Morgan fingerprint density at radius 3 is 2.50 bits per heavy atom. The van der Waals surface area contributed by atoms with Crippen molar-refractivity contribution in [2.75, 3.05) is 19.6 Å². The van der Waals surface area contributed by atoms with Crippen LogP contribution in [-0.2, 0) is 0 Å². The van der Waals surface area contributed by atoms with Crippen LogP contribution in [0.15, 0.2) is 0 Å². The van der Waals surface area contributed by atoms with Crippen molar-refractivity contribution in [1.29, 1.82) is 0 Å². The molecule has 0 rings (SSSR count). The summed E-state index contributed by atoms with van der Waals surface area (Å²) in [6, 6.07) is 0. The number of nitrogens with two attached hydrogens (primary N) is 2. The third-order valence-electron chi connectivity index (χ3n) is 0.748. The third-order valence-corrected chi connectivity index (χ3v) is 1.14. The summed E-state index contributed by atoms with van der Waals surface area (Å²) in [5.41, 5.74) is 10.4. The molecular weight excluding hydrogens is 122 g/mol. The Morgan fingerprint density at radius 2 is 2.12 bits per heavy atom. The van der Waals surface area contributed by atoms with Gasteiger partial charge in [-0.1, -0.05) is 0 Å². The fraction of sp³-hybridized carbons (Fsp3) is 1.00. The number of thiol groups is 1. The van der Waals surface area contributed by atoms with E-state index in [0.717, 1.165) is 6.54 Å². The minimum absolute atomic E-state index is 0.0959. The van der Waals surface area contributed by atoms with E-state index in [4.69, 9.17) is 11.5 Å². The second-order valence-electron chi connectivity index (χ2n) is 1.49. The topological polar surface area (TPSA) is 64.1 Å². The van der Waals surface area contributed by atoms with Crippen molar-refractivity contribution < 1.29 is 0 Å². The summed E-state index contributed by atoms with van der Waals surface area (Å²) in [4.78, 5) is 0. The first-order valence-corrected chi connectivity index (χ1v) is 3.14. The van der Waals surface area contributed by atoms with Crippen molar-refractivity contribution >= 4 is 12.6 Å². The lowest BCUT2D eigenvalue weighted by molar-refractivity contribution is 0.662. The Labute approximate surface area is 55.2 Å². The van der Waals surface area contributed by atoms with Crippen LogP contribution in [0.5, 0.6) is 0 Å². The number of nitrogens with one attached hydrogen (secondary N) is 1. The molecule has 1 unspecified atom stereocenters. The Bertz CT molecular complexity index is 50.5. The van der Waals surface area contributed by atoms with E-state index < -0.39 is 0 Å². The van der Waals surface area contributed by atoms with Gasteiger partial charge in [0.1, 0.15) is 0 Å². The second kappa shape index (κ2) is 5.37. The molecule has 0 amide bonds. The van der Waals surface area contributed by atoms with Crippen LogP contribution in [-0.4, -0.2) is 25.0 Å². The molecule has 0 saturated heterocycles. The van der Waals surface area contributed by atoms with Gasteiger partial charge in [-0.05, 0) is 0 Å². The van der Waals surface area contributed by atoms with E-state index in [1.165, 1.54) is 0 Å². The van der Waals surface area contributed by atoms with Crippen LogP contribution in [0.3, 0.4) is 0 Å². The Hall–Kier alpha value is 0.230. The van der Waals surface area contributed by atoms with Crippen molar-refractivity contribution in [2.24, 2.45) is 11.5 Å². The maximum atomic E-state index is 5.23. The van der Waals surface area contributed by atoms with Crippen LogP contribution >= 0.6 is 12.6 Å². The molecule has 4 heteroatoms. The highest BCUT2D eigenvalue weighted by Gasteiger charge is 1.93. The van der Waals surface area contributed by atoms with Gasteiger partial charge in [0.2, 0.25) is 0 Å². The maximum absolute atomic E-state index is 5.23. The molecule has 5 N–H and O–H groups in total. The molecule has 0 radical (unpaired) electrons. The van der Waals surface area contributed by atoms with Crippen LogP contribution in [0.4, 0.5) is 0 Å². The van der Waals surface area contributed by atoms with Crippen LogP contribution in [0.2, 0.25) is 0 Å². The average molecular weight is 135 g/mol. The molecule has 3 nitrogen and oxygen atoms in total. The first-order chi connectivity index (χ1) is 3.81. The predicted octanol–water partition coefficient (Wildman–Crippen LogP) is -1.25. The van der Waals surface area contributed by atoms with Crippen molar-refractivity contribution in [3.63, 3.8) is 0 Å². The summed E-state index contributed by atoms with van der Waals surface area (Å²) in [7, 11) is 0. The lowest BCUT2D eigenvalue weighted by Crippen LogP contribution is -2.34. The van der Waals surface area contributed by atoms with Crippen molar-refractivity contribution in [3.8, 4) is 0 Å². The fourth-order valence-electron chi connectivity index (χ4n) is 0.333. The van der Waals surface area contributed by atoms with Gasteiger partial charge in [-0.15, -0.1) is 0 Å². The molecule has 50 valence electrons. The van der Waals surface area contributed by atoms with E-state index in [-0.39, 0.29) is 5.37 Å². The van der Waals surface area contributed by atoms with Crippen LogP contribution in [0.1, 0.15) is 0 Å². The number of hydrogen-bond donors (Lipinski definition) is 4. The number of hydrogen-bond acceptors (Lipinski definition) is 4. The summed E-state index contributed by atoms with van der Waals surface area (Å²) < 4.78 is 0. The lowest BCUT2D eigenvalue weighted by atomic mass is 10.6. The summed E-state index contributed by atoms with van der Waals surface area (Å²) in [5, 5.41) is 3.09. The summed E-state index contributed by atoms with van der Waals surface area (Å²) in [6.45, 7) is 1.96. The highest BCUT2D eigenvalue weighted by Crippen LogP contribution is 1.81. The summed E-state index contributed by atoms with van der Waals surface area (Å²) in [6.07, 6.45) is 0. The van der Waals surface area contributed by atoms with Crippen molar-refractivity contribution in [3.05, 3.63) is 0 Å². The van der Waals surface area contributed by atoms with Gasteiger partial charge in [0.05, 0.1) is 5.37 Å². The van der Waals surface area contributed by atoms with Crippen LogP contribution < -0.4 is 16.8 Å². The molecule has 8 heavy (non-hydrogen) atoms. The van der Waals surface area contributed by atoms with Gasteiger partial charge in [-0.2, -0.15) is 12.6 Å². The molecule has 0 heterocycles. The standard InChI is InChI=1S/C4H13N3S/c5-1-2-7-4(8)3-6/h4,7-8H,1-3,5-6H2. The summed E-state index contributed by atoms with van der Waals surface area (Å²) in [5.74, 6) is 0. The molecule has 0 aromatic rings. The van der Waals surface area contributed by atoms with Gasteiger partial charge >= 0.3 is 0 Å². The van der Waals surface area contributed by atoms with Gasteiger partial charge in [0, 0.05) is 19.6 Å². The van der Waals surface area contributed by atoms with Gasteiger partial charge in [-0.25, -0.2) is 0 Å². The number of rotatable bonds is 4.